The molecule has 12 heteroatoms. The highest BCUT2D eigenvalue weighted by molar-refractivity contribution is 7.15. The minimum atomic E-state index is -4.51. The number of rotatable bonds is 8. The zero-order chi connectivity index (χ0) is 25.6. The second-order valence-electron chi connectivity index (χ2n) is 7.66. The van der Waals surface area contributed by atoms with E-state index in [1.807, 2.05) is 19.0 Å². The van der Waals surface area contributed by atoms with Crippen LogP contribution in [0.5, 0.6) is 0 Å². The fourth-order valence-electron chi connectivity index (χ4n) is 2.89. The summed E-state index contributed by atoms with van der Waals surface area (Å²) in [4.78, 5) is 33.2. The number of alkyl halides is 3. The summed E-state index contributed by atoms with van der Waals surface area (Å²) in [7, 11) is 3.77. The quantitative estimate of drug-likeness (QED) is 0.400. The van der Waals surface area contributed by atoms with E-state index in [1.54, 1.807) is 42.6 Å². The third-order valence-corrected chi connectivity index (χ3v) is 5.72. The average molecular weight is 524 g/mol. The lowest BCUT2D eigenvalue weighted by atomic mass is 10.0. The molecular weight excluding hydrogens is 503 g/mol. The van der Waals surface area contributed by atoms with Gasteiger partial charge in [-0.2, -0.15) is 13.2 Å². The van der Waals surface area contributed by atoms with E-state index in [0.29, 0.717) is 35.2 Å². The highest BCUT2D eigenvalue weighted by atomic mass is 35.5. The molecule has 2 amide bonds. The standard InChI is InChI=1S/C23H21ClF3N5O2S/c1-32(2)8-4-7-19(33)30-21-17(24)11-16(12-28-21)15-6-3-5-14(9-15)10-20(34)31-22-29-13-18(35-22)23(25,26)27/h3-7,9,11-13H,8,10H2,1-2H3,(H,28,30,33)(H,29,31,34)/b7-4+. The lowest BCUT2D eigenvalue weighted by Crippen LogP contribution is -2.14. The van der Waals surface area contributed by atoms with Crippen LogP contribution < -0.4 is 10.6 Å². The van der Waals surface area contributed by atoms with Crippen molar-refractivity contribution in [3.8, 4) is 11.1 Å². The number of halogens is 4. The molecule has 7 nitrogen and oxygen atoms in total. The predicted molar refractivity (Wildman–Crippen MR) is 130 cm³/mol. The molecule has 0 saturated carbocycles. The Morgan fingerprint density at radius 3 is 2.54 bits per heavy atom. The fraction of sp³-hybridized carbons (Fsp3) is 0.217. The van der Waals surface area contributed by atoms with Gasteiger partial charge in [0.2, 0.25) is 11.8 Å². The molecule has 1 aromatic carbocycles. The molecule has 35 heavy (non-hydrogen) atoms. The maximum atomic E-state index is 12.7. The van der Waals surface area contributed by atoms with Crippen LogP contribution in [0.15, 0.2) is 54.9 Å². The van der Waals surface area contributed by atoms with Crippen LogP contribution >= 0.6 is 22.9 Å². The van der Waals surface area contributed by atoms with E-state index in [1.165, 1.54) is 6.08 Å². The highest BCUT2D eigenvalue weighted by Gasteiger charge is 2.33. The Balaban J connectivity index is 1.65. The molecule has 2 aromatic heterocycles. The molecule has 184 valence electrons. The number of hydrogen-bond donors (Lipinski definition) is 2. The van der Waals surface area contributed by atoms with E-state index in [9.17, 15) is 22.8 Å². The van der Waals surface area contributed by atoms with Crippen LogP contribution in [0.25, 0.3) is 11.1 Å². The van der Waals surface area contributed by atoms with Crippen molar-refractivity contribution >= 4 is 45.7 Å². The van der Waals surface area contributed by atoms with Gasteiger partial charge in [0.05, 0.1) is 17.6 Å². The second kappa shape index (κ2) is 11.4. The molecule has 0 spiro atoms. The predicted octanol–water partition coefficient (Wildman–Crippen LogP) is 5.11. The number of thiazole rings is 1. The maximum absolute atomic E-state index is 12.7. The summed E-state index contributed by atoms with van der Waals surface area (Å²) in [6.07, 6.45) is 0.760. The molecule has 0 fully saturated rings. The van der Waals surface area contributed by atoms with Crippen LogP contribution in [0.4, 0.5) is 24.1 Å². The van der Waals surface area contributed by atoms with Gasteiger partial charge in [0, 0.05) is 24.4 Å². The molecule has 0 aliphatic heterocycles. The van der Waals surface area contributed by atoms with Crippen LogP contribution in [-0.4, -0.2) is 47.3 Å². The van der Waals surface area contributed by atoms with Gasteiger partial charge in [-0.05, 0) is 31.3 Å². The van der Waals surface area contributed by atoms with Crippen molar-refractivity contribution in [2.45, 2.75) is 12.6 Å². The topological polar surface area (TPSA) is 87.2 Å². The highest BCUT2D eigenvalue weighted by Crippen LogP contribution is 2.35. The largest absolute Gasteiger partial charge is 0.427 e. The number of amides is 2. The first-order valence-electron chi connectivity index (χ1n) is 10.2. The Labute approximate surface area is 208 Å². The molecule has 0 unspecified atom stereocenters. The summed E-state index contributed by atoms with van der Waals surface area (Å²) in [6.45, 7) is 0.611. The molecule has 2 N–H and O–H groups in total. The maximum Gasteiger partial charge on any atom is 0.427 e. The monoisotopic (exact) mass is 523 g/mol. The minimum absolute atomic E-state index is 0.0661. The molecule has 3 rings (SSSR count). The summed E-state index contributed by atoms with van der Waals surface area (Å²) >= 11 is 6.66. The van der Waals surface area contributed by atoms with Crippen molar-refractivity contribution < 1.29 is 22.8 Å². The van der Waals surface area contributed by atoms with E-state index in [0.717, 1.165) is 5.56 Å². The Morgan fingerprint density at radius 1 is 1.11 bits per heavy atom. The van der Waals surface area contributed by atoms with Crippen molar-refractivity contribution in [1.29, 1.82) is 0 Å². The van der Waals surface area contributed by atoms with Crippen molar-refractivity contribution in [3.05, 3.63) is 70.3 Å². The van der Waals surface area contributed by atoms with Gasteiger partial charge in [-0.15, -0.1) is 0 Å². The molecule has 0 saturated heterocycles. The average Bonchev–Trinajstić information content (AvgIpc) is 3.24. The molecular formula is C23H21ClF3N5O2S. The molecule has 0 bridgehead atoms. The zero-order valence-corrected chi connectivity index (χ0v) is 20.3. The Morgan fingerprint density at radius 2 is 1.89 bits per heavy atom. The van der Waals surface area contributed by atoms with Gasteiger partial charge in [-0.1, -0.05) is 53.3 Å². The van der Waals surface area contributed by atoms with Gasteiger partial charge in [-0.3, -0.25) is 9.59 Å². The minimum Gasteiger partial charge on any atom is -0.306 e. The summed E-state index contributed by atoms with van der Waals surface area (Å²) in [5.41, 5.74) is 2.02. The molecule has 0 aliphatic carbocycles. The van der Waals surface area contributed by atoms with E-state index >= 15 is 0 Å². The first kappa shape index (κ1) is 26.3. The smallest absolute Gasteiger partial charge is 0.306 e. The Hall–Kier alpha value is -3.28. The van der Waals surface area contributed by atoms with Crippen LogP contribution in [0, 0.1) is 0 Å². The first-order valence-corrected chi connectivity index (χ1v) is 11.4. The lowest BCUT2D eigenvalue weighted by molar-refractivity contribution is -0.134. The normalized spacial score (nSPS) is 11.7. The van der Waals surface area contributed by atoms with Crippen LogP contribution in [0.1, 0.15) is 10.4 Å². The number of likely N-dealkylation sites (N-methyl/N-ethyl adjacent to an activating group) is 1. The fourth-order valence-corrected chi connectivity index (χ4v) is 3.80. The van der Waals surface area contributed by atoms with Crippen molar-refractivity contribution in [2.75, 3.05) is 31.3 Å². The zero-order valence-electron chi connectivity index (χ0n) is 18.7. The van der Waals surface area contributed by atoms with Gasteiger partial charge in [0.25, 0.3) is 0 Å². The number of nitrogens with one attached hydrogen (secondary N) is 2. The summed E-state index contributed by atoms with van der Waals surface area (Å²) in [5, 5.41) is 5.12. The summed E-state index contributed by atoms with van der Waals surface area (Å²) in [6, 6.07) is 8.64. The summed E-state index contributed by atoms with van der Waals surface area (Å²) < 4.78 is 38.1. The van der Waals surface area contributed by atoms with Crippen molar-refractivity contribution in [1.82, 2.24) is 14.9 Å². The molecule has 0 atom stereocenters. The number of carbonyl (C=O) groups is 2. The van der Waals surface area contributed by atoms with Crippen LogP contribution in [0.2, 0.25) is 5.02 Å². The SMILES string of the molecule is CN(C)C/C=C/C(=O)Nc1ncc(-c2cccc(CC(=O)Nc3ncc(C(F)(F)F)s3)c2)cc1Cl. The van der Waals surface area contributed by atoms with Gasteiger partial charge in [0.15, 0.2) is 10.9 Å². The van der Waals surface area contributed by atoms with E-state index < -0.39 is 17.0 Å². The second-order valence-corrected chi connectivity index (χ2v) is 9.10. The van der Waals surface area contributed by atoms with E-state index in [4.69, 9.17) is 11.6 Å². The van der Waals surface area contributed by atoms with Crippen LogP contribution in [0.3, 0.4) is 0 Å². The molecule has 0 radical (unpaired) electrons. The number of aromatic nitrogens is 2. The van der Waals surface area contributed by atoms with E-state index in [-0.39, 0.29) is 28.3 Å². The molecule has 2 heterocycles. The summed E-state index contributed by atoms with van der Waals surface area (Å²) in [5.74, 6) is -0.640. The number of benzene rings is 1. The molecule has 3 aromatic rings. The van der Waals surface area contributed by atoms with Crippen molar-refractivity contribution in [2.24, 2.45) is 0 Å². The van der Waals surface area contributed by atoms with Gasteiger partial charge >= 0.3 is 6.18 Å². The Kier molecular flexibility index (Phi) is 8.60. The number of anilines is 2. The number of hydrogen-bond acceptors (Lipinski definition) is 6. The van der Waals surface area contributed by atoms with Gasteiger partial charge in [-0.25, -0.2) is 9.97 Å². The third kappa shape index (κ3) is 7.88. The van der Waals surface area contributed by atoms with Crippen LogP contribution in [-0.2, 0) is 22.2 Å². The van der Waals surface area contributed by atoms with E-state index in [2.05, 4.69) is 20.6 Å². The third-order valence-electron chi connectivity index (χ3n) is 4.48. The van der Waals surface area contributed by atoms with Gasteiger partial charge < -0.3 is 15.5 Å². The number of carbonyl (C=O) groups excluding carboxylic acids is 2. The first-order chi connectivity index (χ1) is 16.5. The lowest BCUT2D eigenvalue weighted by Gasteiger charge is -2.09. The van der Waals surface area contributed by atoms with Crippen molar-refractivity contribution in [3.63, 3.8) is 0 Å². The molecule has 0 aliphatic rings. The number of pyridine rings is 1. The Bertz CT molecular complexity index is 1240. The number of nitrogens with zero attached hydrogens (tertiary/aromatic N) is 3. The van der Waals surface area contributed by atoms with Gasteiger partial charge in [0.1, 0.15) is 4.88 Å².